The molecule has 2 saturated heterocycles. The zero-order valence-electron chi connectivity index (χ0n) is 13.3. The van der Waals surface area contributed by atoms with Gasteiger partial charge in [0.1, 0.15) is 11.3 Å². The summed E-state index contributed by atoms with van der Waals surface area (Å²) in [5.41, 5.74) is 2.10. The van der Waals surface area contributed by atoms with E-state index < -0.39 is 0 Å². The summed E-state index contributed by atoms with van der Waals surface area (Å²) in [7, 11) is 2.24. The number of pyridine rings is 1. The van der Waals surface area contributed by atoms with Gasteiger partial charge in [0.25, 0.3) is 0 Å². The summed E-state index contributed by atoms with van der Waals surface area (Å²) in [5, 5.41) is 3.54. The first kappa shape index (κ1) is 14.2. The lowest BCUT2D eigenvalue weighted by atomic mass is 10.0. The summed E-state index contributed by atoms with van der Waals surface area (Å²) in [4.78, 5) is 12.1. The summed E-state index contributed by atoms with van der Waals surface area (Å²) in [6.45, 7) is 3.34. The van der Waals surface area contributed by atoms with Gasteiger partial charge in [-0.15, -0.1) is 0 Å². The van der Waals surface area contributed by atoms with Crippen molar-refractivity contribution in [1.82, 2.24) is 24.8 Å². The Morgan fingerprint density at radius 3 is 3.00 bits per heavy atom. The highest BCUT2D eigenvalue weighted by Gasteiger charge is 2.29. The molecule has 2 aromatic heterocycles. The fraction of sp³-hybridized carbons (Fsp3) is 0.647. The molecule has 22 heavy (non-hydrogen) atoms. The molecule has 0 aliphatic carbocycles. The first-order valence-corrected chi connectivity index (χ1v) is 8.58. The predicted octanol–water partition coefficient (Wildman–Crippen LogP) is 2.51. The van der Waals surface area contributed by atoms with Crippen LogP contribution in [0.1, 0.15) is 50.0 Å². The molecule has 5 nitrogen and oxygen atoms in total. The van der Waals surface area contributed by atoms with Crippen molar-refractivity contribution in [2.75, 3.05) is 26.7 Å². The van der Waals surface area contributed by atoms with E-state index >= 15 is 0 Å². The van der Waals surface area contributed by atoms with Crippen LogP contribution < -0.4 is 5.32 Å². The predicted molar refractivity (Wildman–Crippen MR) is 87.9 cm³/mol. The van der Waals surface area contributed by atoms with Crippen LogP contribution in [0.3, 0.4) is 0 Å². The van der Waals surface area contributed by atoms with Gasteiger partial charge in [-0.05, 0) is 58.0 Å². The summed E-state index contributed by atoms with van der Waals surface area (Å²) in [6.07, 6.45) is 8.16. The molecule has 2 unspecified atom stereocenters. The molecule has 2 aliphatic rings. The van der Waals surface area contributed by atoms with Crippen LogP contribution in [-0.4, -0.2) is 46.1 Å². The molecular weight excluding hydrogens is 274 g/mol. The van der Waals surface area contributed by atoms with Crippen molar-refractivity contribution >= 4 is 11.2 Å². The number of hydrogen-bond acceptors (Lipinski definition) is 4. The summed E-state index contributed by atoms with van der Waals surface area (Å²) in [6, 6.07) is 5.01. The van der Waals surface area contributed by atoms with Crippen LogP contribution in [-0.2, 0) is 0 Å². The number of rotatable bonds is 2. The Morgan fingerprint density at radius 2 is 2.18 bits per heavy atom. The number of fused-ring (bicyclic) bond motifs is 1. The lowest BCUT2D eigenvalue weighted by Crippen LogP contribution is -2.36. The normalized spacial score (nSPS) is 27.3. The van der Waals surface area contributed by atoms with E-state index in [-0.39, 0.29) is 0 Å². The van der Waals surface area contributed by atoms with E-state index in [2.05, 4.69) is 32.9 Å². The maximum Gasteiger partial charge on any atom is 0.160 e. The van der Waals surface area contributed by atoms with Crippen LogP contribution in [0.4, 0.5) is 0 Å². The first-order chi connectivity index (χ1) is 10.8. The molecule has 2 atom stereocenters. The van der Waals surface area contributed by atoms with Crippen molar-refractivity contribution < 1.29 is 0 Å². The molecule has 0 bridgehead atoms. The number of likely N-dealkylation sites (tertiary alicyclic amines) is 1. The molecule has 5 heteroatoms. The standard InChI is InChI=1S/C17H25N5/c1-21-11-3-2-8-15(21)17-20-14-7-5-10-19-16(14)22(17)13-6-4-9-18-12-13/h5,7,10,13,15,18H,2-4,6,8-9,11-12H2,1H3. The van der Waals surface area contributed by atoms with E-state index in [0.29, 0.717) is 12.1 Å². The Balaban J connectivity index is 1.81. The summed E-state index contributed by atoms with van der Waals surface area (Å²) in [5.74, 6) is 1.23. The second kappa shape index (κ2) is 5.97. The molecule has 2 fully saturated rings. The number of aromatic nitrogens is 3. The molecule has 0 aromatic carbocycles. The van der Waals surface area contributed by atoms with Crippen LogP contribution in [0.2, 0.25) is 0 Å². The van der Waals surface area contributed by atoms with Gasteiger partial charge in [0, 0.05) is 18.8 Å². The Hall–Kier alpha value is -1.46. The maximum absolute atomic E-state index is 4.99. The van der Waals surface area contributed by atoms with Crippen molar-refractivity contribution in [3.8, 4) is 0 Å². The minimum atomic E-state index is 0.435. The van der Waals surface area contributed by atoms with Gasteiger partial charge in [-0.3, -0.25) is 4.90 Å². The number of imidazole rings is 1. The number of nitrogens with one attached hydrogen (secondary N) is 1. The van der Waals surface area contributed by atoms with Gasteiger partial charge in [0.05, 0.1) is 6.04 Å². The SMILES string of the molecule is CN1CCCCC1c1nc2cccnc2n1C1CCCNC1. The minimum Gasteiger partial charge on any atom is -0.315 e. The largest absolute Gasteiger partial charge is 0.315 e. The topological polar surface area (TPSA) is 46.0 Å². The smallest absolute Gasteiger partial charge is 0.160 e. The summed E-state index contributed by atoms with van der Waals surface area (Å²) >= 11 is 0. The van der Waals surface area contributed by atoms with Crippen molar-refractivity contribution in [1.29, 1.82) is 0 Å². The zero-order valence-corrected chi connectivity index (χ0v) is 13.3. The second-order valence-electron chi connectivity index (χ2n) is 6.68. The number of nitrogens with zero attached hydrogens (tertiary/aromatic N) is 4. The molecule has 0 saturated carbocycles. The zero-order chi connectivity index (χ0) is 14.9. The van der Waals surface area contributed by atoms with Crippen LogP contribution in [0.25, 0.3) is 11.2 Å². The van der Waals surface area contributed by atoms with E-state index in [1.807, 2.05) is 12.3 Å². The molecular formula is C17H25N5. The third-order valence-corrected chi connectivity index (χ3v) is 5.18. The van der Waals surface area contributed by atoms with Crippen LogP contribution in [0, 0.1) is 0 Å². The van der Waals surface area contributed by atoms with Gasteiger partial charge in [-0.25, -0.2) is 9.97 Å². The van der Waals surface area contributed by atoms with E-state index in [1.165, 1.54) is 44.5 Å². The van der Waals surface area contributed by atoms with Crippen molar-refractivity contribution in [2.24, 2.45) is 0 Å². The highest BCUT2D eigenvalue weighted by molar-refractivity contribution is 5.71. The fourth-order valence-corrected chi connectivity index (χ4v) is 4.00. The molecule has 2 aliphatic heterocycles. The van der Waals surface area contributed by atoms with E-state index in [4.69, 9.17) is 4.98 Å². The Morgan fingerprint density at radius 1 is 1.23 bits per heavy atom. The minimum absolute atomic E-state index is 0.435. The summed E-state index contributed by atoms with van der Waals surface area (Å²) < 4.78 is 2.44. The Bertz CT molecular complexity index is 644. The van der Waals surface area contributed by atoms with Crippen molar-refractivity contribution in [3.63, 3.8) is 0 Å². The molecule has 0 spiro atoms. The van der Waals surface area contributed by atoms with Crippen LogP contribution >= 0.6 is 0 Å². The molecule has 4 rings (SSSR count). The first-order valence-electron chi connectivity index (χ1n) is 8.58. The second-order valence-corrected chi connectivity index (χ2v) is 6.68. The Kier molecular flexibility index (Phi) is 3.84. The highest BCUT2D eigenvalue weighted by Crippen LogP contribution is 2.34. The third-order valence-electron chi connectivity index (χ3n) is 5.18. The average Bonchev–Trinajstić information content (AvgIpc) is 2.95. The number of piperidine rings is 2. The average molecular weight is 299 g/mol. The van der Waals surface area contributed by atoms with E-state index in [9.17, 15) is 0 Å². The van der Waals surface area contributed by atoms with Crippen molar-refractivity contribution in [3.05, 3.63) is 24.2 Å². The molecule has 1 N–H and O–H groups in total. The quantitative estimate of drug-likeness (QED) is 0.925. The maximum atomic E-state index is 4.99. The lowest BCUT2D eigenvalue weighted by Gasteiger charge is -2.34. The fourth-order valence-electron chi connectivity index (χ4n) is 4.00. The van der Waals surface area contributed by atoms with E-state index in [1.54, 1.807) is 0 Å². The van der Waals surface area contributed by atoms with Gasteiger partial charge < -0.3 is 9.88 Å². The molecule has 118 valence electrons. The van der Waals surface area contributed by atoms with Gasteiger partial charge in [0.2, 0.25) is 0 Å². The molecule has 2 aromatic rings. The van der Waals surface area contributed by atoms with Gasteiger partial charge in [0.15, 0.2) is 5.65 Å². The van der Waals surface area contributed by atoms with Gasteiger partial charge in [-0.1, -0.05) is 6.42 Å². The van der Waals surface area contributed by atoms with Crippen LogP contribution in [0.15, 0.2) is 18.3 Å². The monoisotopic (exact) mass is 299 g/mol. The third kappa shape index (κ3) is 2.42. The van der Waals surface area contributed by atoms with E-state index in [0.717, 1.165) is 24.3 Å². The highest BCUT2D eigenvalue weighted by atomic mass is 15.2. The molecule has 0 amide bonds. The van der Waals surface area contributed by atoms with Gasteiger partial charge >= 0.3 is 0 Å². The molecule has 0 radical (unpaired) electrons. The van der Waals surface area contributed by atoms with Crippen LogP contribution in [0.5, 0.6) is 0 Å². The van der Waals surface area contributed by atoms with Crippen molar-refractivity contribution in [2.45, 2.75) is 44.2 Å². The Labute approximate surface area is 131 Å². The lowest BCUT2D eigenvalue weighted by molar-refractivity contribution is 0.172. The number of hydrogen-bond donors (Lipinski definition) is 1. The molecule has 4 heterocycles. The van der Waals surface area contributed by atoms with Gasteiger partial charge in [-0.2, -0.15) is 0 Å².